The molecule has 1 saturated heterocycles. The number of hydrogen-bond donors (Lipinski definition) is 3. The Labute approximate surface area is 157 Å². The van der Waals surface area contributed by atoms with Crippen LogP contribution < -0.4 is 4.66 Å². The van der Waals surface area contributed by atoms with Gasteiger partial charge in [-0.1, -0.05) is 60.7 Å². The van der Waals surface area contributed by atoms with E-state index in [1.165, 1.54) is 56.4 Å². The van der Waals surface area contributed by atoms with Crippen LogP contribution in [0.2, 0.25) is 0 Å². The van der Waals surface area contributed by atoms with Crippen molar-refractivity contribution in [2.75, 3.05) is 19.6 Å². The Bertz CT molecular complexity index is 565. The Morgan fingerprint density at radius 3 is 1.58 bits per heavy atom. The van der Waals surface area contributed by atoms with Crippen molar-refractivity contribution in [3.8, 4) is 0 Å². The van der Waals surface area contributed by atoms with Gasteiger partial charge in [-0.15, -0.1) is 0 Å². The third kappa shape index (κ3) is 9.29. The van der Waals surface area contributed by atoms with Gasteiger partial charge in [-0.25, -0.2) is 0 Å². The largest absolute Gasteiger partial charge is 0.303 e. The molecule has 3 rings (SSSR count). The van der Waals surface area contributed by atoms with E-state index in [0.717, 1.165) is 0 Å². The molecule has 3 N–H and O–H groups in total. The first-order valence-corrected chi connectivity index (χ1v) is 10.2. The maximum atomic E-state index is 8.83. The molecule has 2 aromatic carbocycles. The molecule has 0 aromatic heterocycles. The fraction of sp³-hybridized carbons (Fsp3) is 0.400. The van der Waals surface area contributed by atoms with Crippen molar-refractivity contribution in [3.05, 3.63) is 71.8 Å². The first-order valence-electron chi connectivity index (χ1n) is 8.86. The molecule has 26 heavy (non-hydrogen) atoms. The number of nitrogens with zero attached hydrogens (tertiary/aromatic N) is 1. The number of likely N-dealkylation sites (tertiary alicyclic amines) is 1. The molecule has 5 nitrogen and oxygen atoms in total. The number of benzene rings is 2. The zero-order chi connectivity index (χ0) is 18.8. The Morgan fingerprint density at radius 2 is 1.19 bits per heavy atom. The van der Waals surface area contributed by atoms with E-state index >= 15 is 0 Å². The molecule has 0 saturated carbocycles. The van der Waals surface area contributed by atoms with Gasteiger partial charge in [0.2, 0.25) is 0 Å². The van der Waals surface area contributed by atoms with Crippen LogP contribution >= 0.6 is 0 Å². The minimum Gasteiger partial charge on any atom is -0.303 e. The summed E-state index contributed by atoms with van der Waals surface area (Å²) >= 11 is 0. The topological polar surface area (TPSA) is 87.0 Å². The summed E-state index contributed by atoms with van der Waals surface area (Å²) in [5.74, 6) is 0.716. The first-order chi connectivity index (χ1) is 12.4. The van der Waals surface area contributed by atoms with E-state index in [1.54, 1.807) is 0 Å². The molecule has 1 heterocycles. The predicted octanol–water partition coefficient (Wildman–Crippen LogP) is 1.32. The van der Waals surface area contributed by atoms with Crippen molar-refractivity contribution >= 4 is 0 Å². The molecular formula is C20H28ClNO4. The molecule has 0 unspecified atom stereocenters. The first kappa shape index (κ1) is 20.8. The molecule has 0 spiro atoms. The third-order valence-corrected chi connectivity index (χ3v) is 4.45. The van der Waals surface area contributed by atoms with Crippen LogP contribution in [-0.4, -0.2) is 38.5 Å². The summed E-state index contributed by atoms with van der Waals surface area (Å²) in [5.41, 5.74) is 2.94. The monoisotopic (exact) mass is 381 g/mol. The van der Waals surface area contributed by atoms with Crippen molar-refractivity contribution in [3.63, 3.8) is 0 Å². The average molecular weight is 382 g/mol. The van der Waals surface area contributed by atoms with Gasteiger partial charge in [-0.3, -0.25) is 0 Å². The van der Waals surface area contributed by atoms with E-state index in [9.17, 15) is 0 Å². The molecule has 0 aliphatic carbocycles. The summed E-state index contributed by atoms with van der Waals surface area (Å²) in [6, 6.07) is 21.9. The molecule has 0 atom stereocenters. The molecule has 1 aliphatic rings. The van der Waals surface area contributed by atoms with Crippen LogP contribution in [0.3, 0.4) is 0 Å². The van der Waals surface area contributed by atoms with Crippen LogP contribution in [0.1, 0.15) is 24.0 Å². The van der Waals surface area contributed by atoms with Crippen LogP contribution in [0.4, 0.5) is 0 Å². The second-order valence-corrected chi connectivity index (χ2v) is 7.55. The molecule has 1 fully saturated rings. The minimum atomic E-state index is -4.19. The Morgan fingerprint density at radius 1 is 0.808 bits per heavy atom. The Kier molecular flexibility index (Phi) is 8.51. The van der Waals surface area contributed by atoms with Gasteiger partial charge < -0.3 is 4.90 Å². The molecule has 0 radical (unpaired) electrons. The number of hydrogen-bond acceptors (Lipinski definition) is 5. The molecule has 0 bridgehead atoms. The van der Waals surface area contributed by atoms with Crippen molar-refractivity contribution in [1.82, 2.24) is 4.90 Å². The maximum absolute atomic E-state index is 8.83. The molecule has 2 aromatic rings. The van der Waals surface area contributed by atoms with Gasteiger partial charge >= 0.3 is 28.9 Å². The smallest absolute Gasteiger partial charge is 0.00160 e. The summed E-state index contributed by atoms with van der Waals surface area (Å²) in [7, 11) is -4.19. The Hall–Kier alpha value is -1.47. The summed E-state index contributed by atoms with van der Waals surface area (Å²) in [6.45, 7) is 3.82. The van der Waals surface area contributed by atoms with Crippen molar-refractivity contribution in [1.29, 1.82) is 0 Å². The fourth-order valence-corrected chi connectivity index (χ4v) is 3.43. The number of rotatable bonds is 6. The Balaban J connectivity index is 0.000000431. The van der Waals surface area contributed by atoms with Gasteiger partial charge in [-0.05, 0) is 55.8 Å². The van der Waals surface area contributed by atoms with E-state index in [1.807, 2.05) is 0 Å². The second kappa shape index (κ2) is 10.6. The minimum absolute atomic E-state index is 0.716. The third-order valence-electron chi connectivity index (χ3n) is 4.45. The summed E-state index contributed by atoms with van der Waals surface area (Å²) < 4.78 is 30.2. The van der Waals surface area contributed by atoms with Crippen molar-refractivity contribution in [2.24, 2.45) is 5.92 Å². The van der Waals surface area contributed by atoms with E-state index in [0.29, 0.717) is 5.92 Å². The van der Waals surface area contributed by atoms with Crippen molar-refractivity contribution in [2.45, 2.75) is 25.7 Å². The van der Waals surface area contributed by atoms with Crippen molar-refractivity contribution < 1.29 is 28.9 Å². The fourth-order valence-electron chi connectivity index (χ4n) is 3.43. The predicted molar refractivity (Wildman–Crippen MR) is 96.1 cm³/mol. The van der Waals surface area contributed by atoms with Crippen LogP contribution in [0.15, 0.2) is 60.7 Å². The van der Waals surface area contributed by atoms with Gasteiger partial charge in [0.1, 0.15) is 0 Å². The summed E-state index contributed by atoms with van der Waals surface area (Å²) in [6.07, 6.45) is 5.13. The van der Waals surface area contributed by atoms with Gasteiger partial charge in [0.15, 0.2) is 0 Å². The molecular weight excluding hydrogens is 354 g/mol. The van der Waals surface area contributed by atoms with Crippen LogP contribution in [-0.2, 0) is 12.8 Å². The van der Waals surface area contributed by atoms with Gasteiger partial charge in [0.25, 0.3) is 0 Å². The van der Waals surface area contributed by atoms with Gasteiger partial charge in [-0.2, -0.15) is 0 Å². The van der Waals surface area contributed by atoms with Gasteiger partial charge in [0.05, 0.1) is 0 Å². The van der Waals surface area contributed by atoms with Gasteiger partial charge in [0, 0.05) is 6.54 Å². The van der Waals surface area contributed by atoms with E-state index in [-0.39, 0.29) is 0 Å². The van der Waals surface area contributed by atoms with E-state index in [4.69, 9.17) is 18.6 Å². The zero-order valence-corrected chi connectivity index (χ0v) is 15.6. The van der Waals surface area contributed by atoms with Crippen LogP contribution in [0.25, 0.3) is 0 Å². The molecule has 6 heteroatoms. The van der Waals surface area contributed by atoms with Crippen LogP contribution in [0, 0.1) is 16.2 Å². The molecule has 1 aliphatic heterocycles. The quantitative estimate of drug-likeness (QED) is 0.702. The molecule has 144 valence electrons. The molecule has 0 amide bonds. The maximum Gasteiger partial charge on any atom is 0.00160 e. The SMILES string of the molecule is [O-][Cl+](O)(O)O.c1ccc(CC(Cc2ccccc2)CN2CCCC2)cc1. The summed E-state index contributed by atoms with van der Waals surface area (Å²) in [5, 5.41) is 0. The zero-order valence-electron chi connectivity index (χ0n) is 14.9. The second-order valence-electron chi connectivity index (χ2n) is 6.69. The van der Waals surface area contributed by atoms with E-state index < -0.39 is 10.2 Å². The van der Waals surface area contributed by atoms with E-state index in [2.05, 4.69) is 65.6 Å². The van der Waals surface area contributed by atoms with Crippen LogP contribution in [0.5, 0.6) is 0 Å². The number of halogens is 1. The normalized spacial score (nSPS) is 15.6. The summed E-state index contributed by atoms with van der Waals surface area (Å²) in [4.78, 5) is 2.65. The average Bonchev–Trinajstić information content (AvgIpc) is 3.08. The standard InChI is InChI=1S/C20H25N.ClH3O4/c1-3-9-18(10-4-1)15-20(17-21-13-7-8-14-21)16-19-11-5-2-6-12-19;2-1(3,4)5/h1-6,9-12,20H,7-8,13-17H2;2-4H.